The fourth-order valence-electron chi connectivity index (χ4n) is 0. The van der Waals surface area contributed by atoms with Crippen LogP contribution >= 0.6 is 15.6 Å². The van der Waals surface area contributed by atoms with Crippen molar-refractivity contribution in [3.05, 3.63) is 0 Å². The third-order valence-electron chi connectivity index (χ3n) is 0. The topological polar surface area (TPSA) is 164 Å². The molecule has 0 fully saturated rings. The van der Waals surface area contributed by atoms with Crippen molar-refractivity contribution in [2.45, 2.75) is 0 Å². The molecule has 0 saturated carbocycles. The first-order valence-electron chi connectivity index (χ1n) is 1.51. The maximum Gasteiger partial charge on any atom is 2.00 e. The van der Waals surface area contributed by atoms with Crippen LogP contribution in [-0.4, -0.2) is 14.7 Å². The zero-order chi connectivity index (χ0) is 9.00. The zero-order valence-electron chi connectivity index (χ0n) is 5.98. The van der Waals surface area contributed by atoms with Gasteiger partial charge in [0.15, 0.2) is 0 Å². The van der Waals surface area contributed by atoms with Crippen molar-refractivity contribution in [1.29, 1.82) is 0 Å². The van der Waals surface area contributed by atoms with Gasteiger partial charge in [-0.3, -0.25) is 4.57 Å². The fourth-order valence-corrected chi connectivity index (χ4v) is 0. The van der Waals surface area contributed by atoms with Gasteiger partial charge in [0, 0.05) is 0 Å². The summed E-state index contributed by atoms with van der Waals surface area (Å²) in [7, 11) is -10.0. The molecule has 12 heteroatoms. The van der Waals surface area contributed by atoms with Crippen LogP contribution in [-0.2, 0) is 28.6 Å². The monoisotopic (exact) mass is 296 g/mol. The summed E-state index contributed by atoms with van der Waals surface area (Å²) < 4.78 is 17.4. The summed E-state index contributed by atoms with van der Waals surface area (Å²) in [6, 6.07) is 0. The van der Waals surface area contributed by atoms with Crippen molar-refractivity contribution >= 4 is 15.6 Å². The van der Waals surface area contributed by atoms with E-state index in [9.17, 15) is 0 Å². The fraction of sp³-hybridized carbons (Fsp3) is 0. The van der Waals surface area contributed by atoms with Gasteiger partial charge in [0.25, 0.3) is 7.82 Å². The standard InChI is InChI=1S/K.2H3O4P.Zn/c;2*1-5(2,3)4;/h;2*(H3,1,2,3,4);/q+1;;;+2/p-3. The van der Waals surface area contributed by atoms with E-state index in [0.29, 0.717) is 0 Å². The summed E-state index contributed by atoms with van der Waals surface area (Å²) in [4.78, 5) is 47.2. The van der Waals surface area contributed by atoms with Crippen LogP contribution in [0.2, 0.25) is 0 Å². The number of rotatable bonds is 0. The molecule has 0 saturated heterocycles. The molecule has 0 aliphatic rings. The molecule has 0 aliphatic carbocycles. The molecule has 3 N–H and O–H groups in total. The largest absolute Gasteiger partial charge is 2.00 e. The van der Waals surface area contributed by atoms with Crippen LogP contribution in [0.15, 0.2) is 0 Å². The number of hydrogen-bond acceptors (Lipinski definition) is 5. The average Bonchev–Trinajstić information content (AvgIpc) is 1.12. The Balaban J connectivity index is -0.0000000457. The van der Waals surface area contributed by atoms with Crippen molar-refractivity contribution in [3.63, 3.8) is 0 Å². The van der Waals surface area contributed by atoms with E-state index in [1.165, 1.54) is 0 Å². The molecule has 0 aromatic rings. The van der Waals surface area contributed by atoms with Crippen LogP contribution in [0.4, 0.5) is 0 Å². The molecular weight excluding hydrogens is 294 g/mol. The van der Waals surface area contributed by atoms with Gasteiger partial charge >= 0.3 is 70.9 Å². The molecule has 0 unspecified atom stereocenters. The van der Waals surface area contributed by atoms with Crippen LogP contribution in [0.25, 0.3) is 0 Å². The van der Waals surface area contributed by atoms with Gasteiger partial charge in [-0.05, 0) is 0 Å². The van der Waals surface area contributed by atoms with E-state index >= 15 is 0 Å². The summed E-state index contributed by atoms with van der Waals surface area (Å²) in [6.45, 7) is 0. The summed E-state index contributed by atoms with van der Waals surface area (Å²) in [6.07, 6.45) is 0. The smallest absolute Gasteiger partial charge is 0.790 e. The molecule has 0 aromatic heterocycles. The molecule has 0 spiro atoms. The van der Waals surface area contributed by atoms with E-state index in [1.54, 1.807) is 0 Å². The van der Waals surface area contributed by atoms with Gasteiger partial charge in [0.1, 0.15) is 0 Å². The number of phosphoric acid groups is 2. The summed E-state index contributed by atoms with van der Waals surface area (Å²) in [5.74, 6) is 0. The van der Waals surface area contributed by atoms with Gasteiger partial charge in [0.2, 0.25) is 0 Å². The predicted octanol–water partition coefficient (Wildman–Crippen LogP) is -6.75. The third-order valence-corrected chi connectivity index (χ3v) is 0. The van der Waals surface area contributed by atoms with Crippen molar-refractivity contribution < 1.29 is 109 Å². The molecule has 8 nitrogen and oxygen atoms in total. The van der Waals surface area contributed by atoms with Crippen molar-refractivity contribution in [1.82, 2.24) is 0 Å². The van der Waals surface area contributed by atoms with E-state index < -0.39 is 15.6 Å². The molecular formula is H3KO8P2Zn. The maximum atomic E-state index is 8.77. The number of hydrogen-bond donors (Lipinski definition) is 3. The van der Waals surface area contributed by atoms with Crippen molar-refractivity contribution in [3.8, 4) is 0 Å². The molecule has 0 atom stereocenters. The zero-order valence-corrected chi connectivity index (χ0v) is 13.9. The van der Waals surface area contributed by atoms with E-state index in [1.807, 2.05) is 0 Å². The Kier molecular flexibility index (Phi) is 20.0. The Bertz CT molecular complexity index is 129. The molecule has 0 amide bonds. The first kappa shape index (κ1) is 24.0. The minimum Gasteiger partial charge on any atom is -0.790 e. The van der Waals surface area contributed by atoms with Gasteiger partial charge in [-0.15, -0.1) is 0 Å². The quantitative estimate of drug-likeness (QED) is 0.293. The molecule has 0 bridgehead atoms. The minimum absolute atomic E-state index is 0. The van der Waals surface area contributed by atoms with Gasteiger partial charge in [-0.25, -0.2) is 0 Å². The SMILES string of the molecule is O=P([O-])(O)O.O=P([O-])([O-])O.[K+].[Zn+2]. The molecule has 12 heavy (non-hydrogen) atoms. The Morgan fingerprint density at radius 1 is 0.917 bits per heavy atom. The molecule has 0 radical (unpaired) electrons. The summed E-state index contributed by atoms with van der Waals surface area (Å²) in [5, 5.41) is 0. The molecule has 64 valence electrons. The van der Waals surface area contributed by atoms with E-state index in [-0.39, 0.29) is 70.9 Å². The molecule has 0 rings (SSSR count). The van der Waals surface area contributed by atoms with Crippen molar-refractivity contribution in [2.24, 2.45) is 0 Å². The Morgan fingerprint density at radius 3 is 0.917 bits per heavy atom. The van der Waals surface area contributed by atoms with Crippen LogP contribution in [0.5, 0.6) is 0 Å². The predicted molar refractivity (Wildman–Crippen MR) is 21.9 cm³/mol. The first-order chi connectivity index (χ1) is 4.00. The van der Waals surface area contributed by atoms with Gasteiger partial charge in [0.05, 0.1) is 7.82 Å². The van der Waals surface area contributed by atoms with E-state index in [2.05, 4.69) is 0 Å². The van der Waals surface area contributed by atoms with Crippen LogP contribution in [0, 0.1) is 0 Å². The molecule has 0 heterocycles. The molecule has 0 aliphatic heterocycles. The van der Waals surface area contributed by atoms with E-state index in [4.69, 9.17) is 38.5 Å². The first-order valence-corrected chi connectivity index (χ1v) is 4.54. The van der Waals surface area contributed by atoms with Gasteiger partial charge < -0.3 is 33.9 Å². The van der Waals surface area contributed by atoms with Gasteiger partial charge in [-0.1, -0.05) is 0 Å². The second kappa shape index (κ2) is 10.0. The van der Waals surface area contributed by atoms with Crippen LogP contribution in [0.3, 0.4) is 0 Å². The Morgan fingerprint density at radius 2 is 0.917 bits per heavy atom. The van der Waals surface area contributed by atoms with Crippen LogP contribution in [0.1, 0.15) is 0 Å². The average molecular weight is 297 g/mol. The van der Waals surface area contributed by atoms with Gasteiger partial charge in [-0.2, -0.15) is 0 Å². The van der Waals surface area contributed by atoms with E-state index in [0.717, 1.165) is 0 Å². The summed E-state index contributed by atoms with van der Waals surface area (Å²) >= 11 is 0. The second-order valence-corrected chi connectivity index (χ2v) is 2.88. The third kappa shape index (κ3) is 267. The van der Waals surface area contributed by atoms with Crippen molar-refractivity contribution in [2.75, 3.05) is 0 Å². The maximum absolute atomic E-state index is 8.77. The Labute approximate surface area is 123 Å². The second-order valence-electron chi connectivity index (χ2n) is 0.959. The van der Waals surface area contributed by atoms with Crippen LogP contribution < -0.4 is 66.1 Å². The minimum atomic E-state index is -5.14. The normalized spacial score (nSPS) is 9.83. The Hall–Kier alpha value is 2.48. The summed E-state index contributed by atoms with van der Waals surface area (Å²) in [5.41, 5.74) is 0. The molecule has 0 aromatic carbocycles.